The Bertz CT molecular complexity index is 99.8. The molecule has 0 radical (unpaired) electrons. The van der Waals surface area contributed by atoms with Crippen molar-refractivity contribution in [2.45, 2.75) is 12.8 Å². The van der Waals surface area contributed by atoms with Crippen molar-refractivity contribution >= 4 is 11.9 Å². The number of hydrogen-bond acceptors (Lipinski definition) is 3. The van der Waals surface area contributed by atoms with E-state index < -0.39 is 18.4 Å². The second kappa shape index (κ2) is 9.42. The average Bonchev–Trinajstić information content (AvgIpc) is 1.61. The summed E-state index contributed by atoms with van der Waals surface area (Å²) in [5.41, 5.74) is 0. The Kier molecular flexibility index (Phi) is 15.8. The molecule has 4 nitrogen and oxygen atoms in total. The van der Waals surface area contributed by atoms with Gasteiger partial charge in [0, 0.05) is 5.97 Å². The third kappa shape index (κ3) is 15.8. The van der Waals surface area contributed by atoms with Gasteiger partial charge in [0.15, 0.2) is 0 Å². The number of carbonyl (C=O) groups is 2. The first-order valence-electron chi connectivity index (χ1n) is 2.04. The van der Waals surface area contributed by atoms with Crippen molar-refractivity contribution in [1.29, 1.82) is 0 Å². The van der Waals surface area contributed by atoms with Crippen LogP contribution in [0.25, 0.3) is 0 Å². The zero-order chi connectivity index (χ0) is 6.57. The summed E-state index contributed by atoms with van der Waals surface area (Å²) in [6.07, 6.45) is -0.766. The topological polar surface area (TPSA) is 77.4 Å². The Labute approximate surface area is 89.0 Å². The molecule has 0 aliphatic rings. The minimum Gasteiger partial charge on any atom is -0.550 e. The van der Waals surface area contributed by atoms with Gasteiger partial charge in [-0.25, -0.2) is 0 Å². The number of hydrogen-bond donors (Lipinski definition) is 1. The Balaban J connectivity index is -0.000000245. The predicted octanol–water partition coefficient (Wildman–Crippen LogP) is -1.40. The van der Waals surface area contributed by atoms with Crippen LogP contribution in [-0.4, -0.2) is 17.0 Å². The molecule has 0 aliphatic heterocycles. The zero-order valence-corrected chi connectivity index (χ0v) is 7.65. The van der Waals surface area contributed by atoms with Gasteiger partial charge in [-0.1, -0.05) is 0 Å². The molecule has 0 aromatic carbocycles. The Morgan fingerprint density at radius 3 is 1.70 bits per heavy atom. The number of carbonyl (C=O) groups excluding carboxylic acids is 1. The van der Waals surface area contributed by atoms with Crippen molar-refractivity contribution in [1.82, 2.24) is 0 Å². The van der Waals surface area contributed by atoms with Crippen LogP contribution in [0.4, 0.5) is 0 Å². The molecule has 0 atom stereocenters. The van der Waals surface area contributed by atoms with Gasteiger partial charge in [-0.3, -0.25) is 4.79 Å². The van der Waals surface area contributed by atoms with Crippen molar-refractivity contribution in [2.75, 3.05) is 0 Å². The predicted molar refractivity (Wildman–Crippen MR) is 21.9 cm³/mol. The van der Waals surface area contributed by atoms with Gasteiger partial charge >= 0.3 is 50.7 Å². The molecule has 0 aliphatic carbocycles. The molecule has 10 heavy (non-hydrogen) atoms. The van der Waals surface area contributed by atoms with E-state index in [2.05, 4.69) is 0 Å². The van der Waals surface area contributed by atoms with Crippen molar-refractivity contribution in [3.8, 4) is 0 Å². The minimum atomic E-state index is -1.33. The van der Waals surface area contributed by atoms with Crippen LogP contribution < -0.4 is 5.11 Å². The van der Waals surface area contributed by atoms with Gasteiger partial charge in [-0.05, 0) is 6.42 Å². The summed E-state index contributed by atoms with van der Waals surface area (Å²) < 4.78 is 0. The Hall–Kier alpha value is 0.421. The van der Waals surface area contributed by atoms with E-state index in [1.54, 1.807) is 0 Å². The first-order chi connectivity index (χ1) is 3.63. The third-order valence-electron chi connectivity index (χ3n) is 0.543. The number of carboxylic acids is 2. The monoisotopic (exact) mass is 331 g/mol. The van der Waals surface area contributed by atoms with Crippen molar-refractivity contribution in [2.24, 2.45) is 0 Å². The maximum Gasteiger partial charge on any atom is 1.00 e. The molecule has 6 heteroatoms. The fourth-order valence-electron chi connectivity index (χ4n) is 0.209. The summed E-state index contributed by atoms with van der Waals surface area (Å²) in [5, 5.41) is 17.4. The Morgan fingerprint density at radius 2 is 1.60 bits per heavy atom. The molecule has 0 aromatic rings. The van der Waals surface area contributed by atoms with Crippen LogP contribution >= 0.6 is 0 Å². The van der Waals surface area contributed by atoms with E-state index in [4.69, 9.17) is 5.11 Å². The third-order valence-corrected chi connectivity index (χ3v) is 0.543. The molecule has 1 N–H and O–H groups in total. The van der Waals surface area contributed by atoms with Crippen LogP contribution in [0.1, 0.15) is 12.8 Å². The van der Waals surface area contributed by atoms with E-state index in [-0.39, 0.29) is 51.2 Å². The quantitative estimate of drug-likeness (QED) is 0.645. The summed E-state index contributed by atoms with van der Waals surface area (Å²) in [7, 11) is 0. The first-order valence-corrected chi connectivity index (χ1v) is 2.04. The number of aliphatic carboxylic acids is 2. The summed E-state index contributed by atoms with van der Waals surface area (Å²) in [6.45, 7) is 0. The summed E-state index contributed by atoms with van der Waals surface area (Å²) >= 11 is 0. The van der Waals surface area contributed by atoms with E-state index >= 15 is 0 Å². The van der Waals surface area contributed by atoms with Crippen LogP contribution in [0.2, 0.25) is 0 Å². The SMILES string of the molecule is O=C([O-])CCC(=O)O.[Ag+].[Ag+]. The van der Waals surface area contributed by atoms with Crippen molar-refractivity contribution in [3.63, 3.8) is 0 Å². The molecule has 66 valence electrons. The van der Waals surface area contributed by atoms with E-state index in [1.807, 2.05) is 0 Å². The molecule has 0 bridgehead atoms. The van der Waals surface area contributed by atoms with Crippen LogP contribution in [0.5, 0.6) is 0 Å². The van der Waals surface area contributed by atoms with Gasteiger partial charge in [0.2, 0.25) is 0 Å². The van der Waals surface area contributed by atoms with Crippen LogP contribution in [0.3, 0.4) is 0 Å². The first kappa shape index (κ1) is 16.8. The van der Waals surface area contributed by atoms with Crippen LogP contribution in [0, 0.1) is 0 Å². The molecule has 0 unspecified atom stereocenters. The molecule has 0 rings (SSSR count). The van der Waals surface area contributed by atoms with Gasteiger partial charge < -0.3 is 15.0 Å². The van der Waals surface area contributed by atoms with Crippen LogP contribution in [-0.2, 0) is 54.3 Å². The number of rotatable bonds is 3. The standard InChI is InChI=1S/C4H6O4.2Ag/c5-3(6)1-2-4(7)8;;/h1-2H2,(H,5,6)(H,7,8);;/q;2*+1/p-1. The fraction of sp³-hybridized carbons (Fsp3) is 0.500. The van der Waals surface area contributed by atoms with Gasteiger partial charge in [-0.15, -0.1) is 0 Å². The van der Waals surface area contributed by atoms with E-state index in [0.717, 1.165) is 0 Å². The van der Waals surface area contributed by atoms with Gasteiger partial charge in [0.1, 0.15) is 0 Å². The second-order valence-corrected chi connectivity index (χ2v) is 1.27. The van der Waals surface area contributed by atoms with Gasteiger partial charge in [0.25, 0.3) is 0 Å². The molecule has 0 saturated carbocycles. The smallest absolute Gasteiger partial charge is 0.550 e. The van der Waals surface area contributed by atoms with E-state index in [9.17, 15) is 14.7 Å². The Morgan fingerprint density at radius 1 is 1.20 bits per heavy atom. The number of carboxylic acid groups (broad SMARTS) is 2. The molecule has 0 amide bonds. The maximum atomic E-state index is 9.61. The average molecular weight is 333 g/mol. The zero-order valence-electron chi connectivity index (χ0n) is 4.69. The fourth-order valence-corrected chi connectivity index (χ4v) is 0.209. The summed E-state index contributed by atoms with van der Waals surface area (Å²) in [6, 6.07) is 0. The van der Waals surface area contributed by atoms with Gasteiger partial charge in [-0.2, -0.15) is 0 Å². The molecular weight excluding hydrogens is 328 g/mol. The molecular formula is C4H5Ag2O4+. The normalized spacial score (nSPS) is 6.80. The molecule has 0 saturated heterocycles. The maximum absolute atomic E-state index is 9.61. The molecule has 0 heterocycles. The van der Waals surface area contributed by atoms with Crippen LogP contribution in [0.15, 0.2) is 0 Å². The second-order valence-electron chi connectivity index (χ2n) is 1.27. The summed E-state index contributed by atoms with van der Waals surface area (Å²) in [5.74, 6) is -2.44. The van der Waals surface area contributed by atoms with E-state index in [0.29, 0.717) is 0 Å². The molecule has 0 fully saturated rings. The van der Waals surface area contributed by atoms with Crippen molar-refractivity contribution < 1.29 is 64.6 Å². The van der Waals surface area contributed by atoms with Crippen molar-refractivity contribution in [3.05, 3.63) is 0 Å². The molecule has 0 aromatic heterocycles. The molecule has 0 spiro atoms. The van der Waals surface area contributed by atoms with E-state index in [1.165, 1.54) is 0 Å². The summed E-state index contributed by atoms with van der Waals surface area (Å²) in [4.78, 5) is 19.1. The largest absolute Gasteiger partial charge is 1.00 e. The minimum absolute atomic E-state index is 0. The van der Waals surface area contributed by atoms with Gasteiger partial charge in [0.05, 0.1) is 6.42 Å².